The average molecular weight is 271 g/mol. The van der Waals surface area contributed by atoms with Crippen LogP contribution in [0.25, 0.3) is 0 Å². The number of aryl methyl sites for hydroxylation is 2. The molecule has 0 aliphatic rings. The van der Waals surface area contributed by atoms with Crippen molar-refractivity contribution in [3.05, 3.63) is 29.3 Å². The molecule has 84 valence electrons. The minimum Gasteiger partial charge on any atom is -0.494 e. The van der Waals surface area contributed by atoms with E-state index in [4.69, 9.17) is 4.74 Å². The normalized spacial score (nSPS) is 10.3. The van der Waals surface area contributed by atoms with Gasteiger partial charge in [0, 0.05) is 5.33 Å². The highest BCUT2D eigenvalue weighted by Crippen LogP contribution is 2.19. The molecular formula is C13H19BrO. The van der Waals surface area contributed by atoms with Gasteiger partial charge in [0.25, 0.3) is 0 Å². The van der Waals surface area contributed by atoms with Crippen molar-refractivity contribution in [2.24, 2.45) is 0 Å². The number of ether oxygens (including phenoxy) is 1. The summed E-state index contributed by atoms with van der Waals surface area (Å²) in [4.78, 5) is 0. The highest BCUT2D eigenvalue weighted by molar-refractivity contribution is 9.09. The first-order valence-electron chi connectivity index (χ1n) is 5.61. The lowest BCUT2D eigenvalue weighted by atomic mass is 10.0. The first-order chi connectivity index (χ1) is 7.30. The van der Waals surface area contributed by atoms with Crippen LogP contribution in [0.4, 0.5) is 0 Å². The minimum absolute atomic E-state index is 0.741. The van der Waals surface area contributed by atoms with Crippen LogP contribution in [0.5, 0.6) is 5.75 Å². The Morgan fingerprint density at radius 2 is 1.87 bits per heavy atom. The quantitative estimate of drug-likeness (QED) is 0.711. The molecule has 0 N–H and O–H groups in total. The summed E-state index contributed by atoms with van der Waals surface area (Å²) in [5.41, 5.74) is 2.75. The lowest BCUT2D eigenvalue weighted by molar-refractivity contribution is 0.339. The molecule has 15 heavy (non-hydrogen) atoms. The number of rotatable bonds is 6. The van der Waals surface area contributed by atoms with Gasteiger partial charge in [0.1, 0.15) is 5.75 Å². The number of alkyl halides is 1. The Labute approximate surface area is 101 Å². The van der Waals surface area contributed by atoms with E-state index < -0.39 is 0 Å². The molecule has 0 radical (unpaired) electrons. The van der Waals surface area contributed by atoms with Crippen molar-refractivity contribution in [2.45, 2.75) is 33.1 Å². The van der Waals surface area contributed by atoms with Crippen molar-refractivity contribution in [3.63, 3.8) is 0 Å². The second-order valence-corrected chi connectivity index (χ2v) is 4.36. The van der Waals surface area contributed by atoms with E-state index in [1.54, 1.807) is 0 Å². The summed E-state index contributed by atoms with van der Waals surface area (Å²) in [7, 11) is 0. The fraction of sp³-hybridized carbons (Fsp3) is 0.538. The fourth-order valence-electron chi connectivity index (χ4n) is 1.60. The van der Waals surface area contributed by atoms with Crippen LogP contribution in [0.2, 0.25) is 0 Å². The number of benzene rings is 1. The largest absolute Gasteiger partial charge is 0.494 e. The van der Waals surface area contributed by atoms with Crippen molar-refractivity contribution in [1.82, 2.24) is 0 Å². The zero-order valence-electron chi connectivity index (χ0n) is 9.55. The first kappa shape index (κ1) is 12.6. The maximum absolute atomic E-state index is 5.56. The second kappa shape index (κ2) is 6.89. The molecule has 1 nitrogen and oxygen atoms in total. The van der Waals surface area contributed by atoms with Crippen molar-refractivity contribution in [2.75, 3.05) is 11.9 Å². The van der Waals surface area contributed by atoms with Gasteiger partial charge in [0.05, 0.1) is 6.61 Å². The van der Waals surface area contributed by atoms with Crippen LogP contribution in [0, 0.1) is 0 Å². The third-order valence-corrected chi connectivity index (χ3v) is 2.91. The molecule has 0 fully saturated rings. The molecule has 1 rings (SSSR count). The van der Waals surface area contributed by atoms with E-state index in [0.29, 0.717) is 0 Å². The molecule has 0 heterocycles. The molecule has 0 saturated carbocycles. The molecule has 0 aromatic heterocycles. The summed E-state index contributed by atoms with van der Waals surface area (Å²) in [6, 6.07) is 6.58. The maximum atomic E-state index is 5.56. The first-order valence-corrected chi connectivity index (χ1v) is 6.73. The topological polar surface area (TPSA) is 9.23 Å². The Hall–Kier alpha value is -0.500. The predicted octanol–water partition coefficient (Wildman–Crippen LogP) is 3.98. The van der Waals surface area contributed by atoms with Gasteiger partial charge in [-0.2, -0.15) is 0 Å². The maximum Gasteiger partial charge on any atom is 0.119 e. The molecule has 1 aromatic carbocycles. The van der Waals surface area contributed by atoms with Crippen LogP contribution in [0.1, 0.15) is 31.4 Å². The predicted molar refractivity (Wildman–Crippen MR) is 69.1 cm³/mol. The highest BCUT2D eigenvalue weighted by Gasteiger charge is 2.00. The third kappa shape index (κ3) is 4.25. The zero-order chi connectivity index (χ0) is 11.1. The van der Waals surface area contributed by atoms with E-state index in [0.717, 1.165) is 30.5 Å². The number of hydrogen-bond donors (Lipinski definition) is 0. The Bertz CT molecular complexity index is 297. The Morgan fingerprint density at radius 3 is 2.47 bits per heavy atom. The van der Waals surface area contributed by atoms with Crippen LogP contribution in [0.3, 0.4) is 0 Å². The molecule has 0 aliphatic carbocycles. The minimum atomic E-state index is 0.741. The summed E-state index contributed by atoms with van der Waals surface area (Å²) in [6.07, 6.45) is 3.38. The van der Waals surface area contributed by atoms with Gasteiger partial charge >= 0.3 is 0 Å². The van der Waals surface area contributed by atoms with Gasteiger partial charge in [-0.1, -0.05) is 28.9 Å². The van der Waals surface area contributed by atoms with Crippen molar-refractivity contribution in [1.29, 1.82) is 0 Å². The van der Waals surface area contributed by atoms with Gasteiger partial charge < -0.3 is 4.74 Å². The SMILES string of the molecule is CCOc1cc(CC)cc(CCCBr)c1. The van der Waals surface area contributed by atoms with Crippen LogP contribution >= 0.6 is 15.9 Å². The third-order valence-electron chi connectivity index (χ3n) is 2.34. The molecule has 0 bridgehead atoms. The Balaban J connectivity index is 2.79. The van der Waals surface area contributed by atoms with Crippen molar-refractivity contribution >= 4 is 15.9 Å². The molecule has 0 spiro atoms. The molecule has 1 aromatic rings. The lowest BCUT2D eigenvalue weighted by Crippen LogP contribution is -1.95. The Kier molecular flexibility index (Phi) is 5.77. The van der Waals surface area contributed by atoms with Crippen LogP contribution in [0.15, 0.2) is 18.2 Å². The zero-order valence-corrected chi connectivity index (χ0v) is 11.1. The van der Waals surface area contributed by atoms with Gasteiger partial charge in [-0.15, -0.1) is 0 Å². The number of hydrogen-bond acceptors (Lipinski definition) is 1. The molecule has 0 saturated heterocycles. The van der Waals surface area contributed by atoms with E-state index >= 15 is 0 Å². The van der Waals surface area contributed by atoms with Crippen molar-refractivity contribution < 1.29 is 4.74 Å². The van der Waals surface area contributed by atoms with E-state index in [1.165, 1.54) is 17.5 Å². The van der Waals surface area contributed by atoms with Gasteiger partial charge in [0.15, 0.2) is 0 Å². The van der Waals surface area contributed by atoms with E-state index in [9.17, 15) is 0 Å². The van der Waals surface area contributed by atoms with Gasteiger partial charge in [-0.05, 0) is 49.4 Å². The van der Waals surface area contributed by atoms with Gasteiger partial charge in [-0.25, -0.2) is 0 Å². The summed E-state index contributed by atoms with van der Waals surface area (Å²) >= 11 is 3.46. The molecule has 0 unspecified atom stereocenters. The van der Waals surface area contributed by atoms with E-state index in [2.05, 4.69) is 41.1 Å². The lowest BCUT2D eigenvalue weighted by Gasteiger charge is -2.08. The molecule has 0 atom stereocenters. The second-order valence-electron chi connectivity index (χ2n) is 3.56. The van der Waals surface area contributed by atoms with E-state index in [1.807, 2.05) is 6.92 Å². The smallest absolute Gasteiger partial charge is 0.119 e. The average Bonchev–Trinajstić information content (AvgIpc) is 2.26. The molecule has 2 heteroatoms. The standard InChI is InChI=1S/C13H19BrO/c1-3-11-8-12(6-5-7-14)10-13(9-11)15-4-2/h8-10H,3-7H2,1-2H3. The summed E-state index contributed by atoms with van der Waals surface area (Å²) in [6.45, 7) is 4.95. The van der Waals surface area contributed by atoms with E-state index in [-0.39, 0.29) is 0 Å². The molecular weight excluding hydrogens is 252 g/mol. The van der Waals surface area contributed by atoms with Gasteiger partial charge in [-0.3, -0.25) is 0 Å². The van der Waals surface area contributed by atoms with Crippen LogP contribution < -0.4 is 4.74 Å². The summed E-state index contributed by atoms with van der Waals surface area (Å²) in [5.74, 6) is 1.02. The monoisotopic (exact) mass is 270 g/mol. The summed E-state index contributed by atoms with van der Waals surface area (Å²) < 4.78 is 5.56. The Morgan fingerprint density at radius 1 is 1.13 bits per heavy atom. The highest BCUT2D eigenvalue weighted by atomic mass is 79.9. The number of halogens is 1. The summed E-state index contributed by atoms with van der Waals surface area (Å²) in [5, 5.41) is 1.06. The molecule has 0 amide bonds. The van der Waals surface area contributed by atoms with Crippen LogP contribution in [-0.2, 0) is 12.8 Å². The van der Waals surface area contributed by atoms with Crippen molar-refractivity contribution in [3.8, 4) is 5.75 Å². The van der Waals surface area contributed by atoms with Crippen LogP contribution in [-0.4, -0.2) is 11.9 Å². The molecule has 0 aliphatic heterocycles. The fourth-order valence-corrected chi connectivity index (χ4v) is 1.88. The van der Waals surface area contributed by atoms with Gasteiger partial charge in [0.2, 0.25) is 0 Å².